The van der Waals surface area contributed by atoms with E-state index in [9.17, 15) is 4.79 Å². The Bertz CT molecular complexity index is 672. The molecule has 0 saturated carbocycles. The van der Waals surface area contributed by atoms with E-state index in [4.69, 9.17) is 10.5 Å². The molecule has 3 rings (SSSR count). The summed E-state index contributed by atoms with van der Waals surface area (Å²) in [6.45, 7) is 3.28. The molecular weight excluding hydrogens is 288 g/mol. The second-order valence-corrected chi connectivity index (χ2v) is 6.08. The van der Waals surface area contributed by atoms with Crippen LogP contribution in [0.5, 0.6) is 5.75 Å². The lowest BCUT2D eigenvalue weighted by molar-refractivity contribution is -0.132. The number of benzene rings is 2. The molecule has 0 spiro atoms. The van der Waals surface area contributed by atoms with Crippen molar-refractivity contribution in [3.8, 4) is 5.75 Å². The van der Waals surface area contributed by atoms with Gasteiger partial charge < -0.3 is 15.4 Å². The first-order valence-corrected chi connectivity index (χ1v) is 7.91. The fraction of sp³-hybridized carbons (Fsp3) is 0.316. The highest BCUT2D eigenvalue weighted by Crippen LogP contribution is 2.26. The van der Waals surface area contributed by atoms with Gasteiger partial charge >= 0.3 is 0 Å². The summed E-state index contributed by atoms with van der Waals surface area (Å²) in [6.07, 6.45) is 0. The van der Waals surface area contributed by atoms with Crippen molar-refractivity contribution in [2.24, 2.45) is 5.73 Å². The Kier molecular flexibility index (Phi) is 4.63. The molecule has 1 fully saturated rings. The van der Waals surface area contributed by atoms with E-state index in [-0.39, 0.29) is 24.5 Å². The molecule has 1 aliphatic heterocycles. The molecule has 4 heteroatoms. The minimum Gasteiger partial charge on any atom is -0.484 e. The summed E-state index contributed by atoms with van der Waals surface area (Å²) in [5, 5.41) is 0. The van der Waals surface area contributed by atoms with E-state index in [0.29, 0.717) is 13.1 Å². The van der Waals surface area contributed by atoms with Crippen molar-refractivity contribution in [2.75, 3.05) is 19.7 Å². The number of rotatable bonds is 4. The fourth-order valence-corrected chi connectivity index (χ4v) is 3.03. The number of hydrogen-bond donors (Lipinski definition) is 1. The van der Waals surface area contributed by atoms with E-state index in [0.717, 1.165) is 11.3 Å². The van der Waals surface area contributed by atoms with Crippen LogP contribution in [-0.2, 0) is 4.79 Å². The van der Waals surface area contributed by atoms with Gasteiger partial charge in [0.05, 0.1) is 0 Å². The summed E-state index contributed by atoms with van der Waals surface area (Å²) < 4.78 is 5.61. The number of ether oxygens (including phenoxy) is 1. The number of likely N-dealkylation sites (tertiary alicyclic amines) is 1. The third-order valence-electron chi connectivity index (χ3n) is 4.30. The lowest BCUT2D eigenvalue weighted by Crippen LogP contribution is -2.35. The van der Waals surface area contributed by atoms with Gasteiger partial charge in [0.1, 0.15) is 5.75 Å². The van der Waals surface area contributed by atoms with Crippen LogP contribution in [0, 0.1) is 6.92 Å². The van der Waals surface area contributed by atoms with Crippen LogP contribution in [0.3, 0.4) is 0 Å². The van der Waals surface area contributed by atoms with Gasteiger partial charge in [-0.1, -0.05) is 42.5 Å². The zero-order chi connectivity index (χ0) is 16.2. The third-order valence-corrected chi connectivity index (χ3v) is 4.30. The zero-order valence-electron chi connectivity index (χ0n) is 13.3. The molecule has 2 aromatic rings. The summed E-state index contributed by atoms with van der Waals surface area (Å²) in [5.41, 5.74) is 8.53. The topological polar surface area (TPSA) is 55.6 Å². The SMILES string of the molecule is Cc1cccc(OCC(=O)N2C[C@@H](N)[C@H](c3ccccc3)C2)c1. The monoisotopic (exact) mass is 310 g/mol. The molecular formula is C19H22N2O2. The predicted octanol–water partition coefficient (Wildman–Crippen LogP) is 2.33. The van der Waals surface area contributed by atoms with Gasteiger partial charge in [0.15, 0.2) is 6.61 Å². The number of nitrogens with two attached hydrogens (primary N) is 1. The molecule has 0 aliphatic carbocycles. The Balaban J connectivity index is 1.58. The van der Waals surface area contributed by atoms with Crippen LogP contribution in [-0.4, -0.2) is 36.5 Å². The third kappa shape index (κ3) is 3.71. The number of amides is 1. The van der Waals surface area contributed by atoms with E-state index in [1.54, 1.807) is 4.90 Å². The first kappa shape index (κ1) is 15.6. The molecule has 1 saturated heterocycles. The maximum Gasteiger partial charge on any atom is 0.260 e. The fourth-order valence-electron chi connectivity index (χ4n) is 3.03. The Morgan fingerprint density at radius 3 is 2.70 bits per heavy atom. The molecule has 0 unspecified atom stereocenters. The molecule has 120 valence electrons. The van der Waals surface area contributed by atoms with Crippen molar-refractivity contribution >= 4 is 5.91 Å². The standard InChI is InChI=1S/C19H22N2O2/c1-14-6-5-9-16(10-14)23-13-19(22)21-11-17(18(20)12-21)15-7-3-2-4-8-15/h2-10,17-18H,11-13,20H2,1H3/t17-,18+/m0/s1. The minimum absolute atomic E-state index is 0.0135. The van der Waals surface area contributed by atoms with Crippen LogP contribution in [0.15, 0.2) is 54.6 Å². The van der Waals surface area contributed by atoms with E-state index in [1.165, 1.54) is 5.56 Å². The van der Waals surface area contributed by atoms with Gasteiger partial charge in [0.25, 0.3) is 5.91 Å². The normalized spacial score (nSPS) is 20.5. The van der Waals surface area contributed by atoms with Gasteiger partial charge in [-0.05, 0) is 30.2 Å². The summed E-state index contributed by atoms with van der Waals surface area (Å²) in [5.74, 6) is 0.904. The Morgan fingerprint density at radius 2 is 1.96 bits per heavy atom. The van der Waals surface area contributed by atoms with Crippen molar-refractivity contribution in [3.63, 3.8) is 0 Å². The van der Waals surface area contributed by atoms with E-state index >= 15 is 0 Å². The van der Waals surface area contributed by atoms with Gasteiger partial charge in [-0.2, -0.15) is 0 Å². The van der Waals surface area contributed by atoms with Gasteiger partial charge in [-0.15, -0.1) is 0 Å². The second-order valence-electron chi connectivity index (χ2n) is 6.08. The Labute approximate surface area is 136 Å². The molecule has 1 aliphatic rings. The van der Waals surface area contributed by atoms with Crippen LogP contribution in [0.1, 0.15) is 17.0 Å². The largest absolute Gasteiger partial charge is 0.484 e. The maximum absolute atomic E-state index is 12.4. The van der Waals surface area contributed by atoms with Gasteiger partial charge in [-0.3, -0.25) is 4.79 Å². The quantitative estimate of drug-likeness (QED) is 0.943. The molecule has 2 N–H and O–H groups in total. The summed E-state index contributed by atoms with van der Waals surface area (Å²) in [4.78, 5) is 14.2. The lowest BCUT2D eigenvalue weighted by atomic mass is 9.95. The second kappa shape index (κ2) is 6.84. The van der Waals surface area contributed by atoms with Crippen LogP contribution < -0.4 is 10.5 Å². The van der Waals surface area contributed by atoms with E-state index < -0.39 is 0 Å². The summed E-state index contributed by atoms with van der Waals surface area (Å²) in [7, 11) is 0. The summed E-state index contributed by atoms with van der Waals surface area (Å²) in [6, 6.07) is 17.8. The van der Waals surface area contributed by atoms with Crippen LogP contribution in [0.2, 0.25) is 0 Å². The minimum atomic E-state index is -0.0275. The number of nitrogens with zero attached hydrogens (tertiary/aromatic N) is 1. The predicted molar refractivity (Wildman–Crippen MR) is 90.4 cm³/mol. The average molecular weight is 310 g/mol. The smallest absolute Gasteiger partial charge is 0.260 e. The lowest BCUT2D eigenvalue weighted by Gasteiger charge is -2.17. The van der Waals surface area contributed by atoms with Crippen molar-refractivity contribution < 1.29 is 9.53 Å². The molecule has 23 heavy (non-hydrogen) atoms. The highest BCUT2D eigenvalue weighted by molar-refractivity contribution is 5.78. The van der Waals surface area contributed by atoms with Crippen LogP contribution in [0.25, 0.3) is 0 Å². The first-order valence-electron chi connectivity index (χ1n) is 7.91. The van der Waals surface area contributed by atoms with Gasteiger partial charge in [0.2, 0.25) is 0 Å². The van der Waals surface area contributed by atoms with Gasteiger partial charge in [-0.25, -0.2) is 0 Å². The van der Waals surface area contributed by atoms with Crippen LogP contribution >= 0.6 is 0 Å². The van der Waals surface area contributed by atoms with Crippen molar-refractivity contribution in [1.82, 2.24) is 4.90 Å². The number of carbonyl (C=O) groups excluding carboxylic acids is 1. The average Bonchev–Trinajstić information content (AvgIpc) is 2.95. The highest BCUT2D eigenvalue weighted by Gasteiger charge is 2.33. The molecule has 1 amide bonds. The Hall–Kier alpha value is -2.33. The van der Waals surface area contributed by atoms with E-state index in [1.807, 2.05) is 49.4 Å². The van der Waals surface area contributed by atoms with E-state index in [2.05, 4.69) is 12.1 Å². The molecule has 0 radical (unpaired) electrons. The van der Waals surface area contributed by atoms with Crippen LogP contribution in [0.4, 0.5) is 0 Å². The number of hydrogen-bond acceptors (Lipinski definition) is 3. The summed E-state index contributed by atoms with van der Waals surface area (Å²) >= 11 is 0. The first-order chi connectivity index (χ1) is 11.1. The molecule has 2 aromatic carbocycles. The molecule has 2 atom stereocenters. The molecule has 4 nitrogen and oxygen atoms in total. The van der Waals surface area contributed by atoms with Crippen molar-refractivity contribution in [1.29, 1.82) is 0 Å². The molecule has 0 aromatic heterocycles. The maximum atomic E-state index is 12.4. The molecule has 1 heterocycles. The molecule has 0 bridgehead atoms. The van der Waals surface area contributed by atoms with Crippen molar-refractivity contribution in [3.05, 3.63) is 65.7 Å². The number of aryl methyl sites for hydroxylation is 1. The number of carbonyl (C=O) groups is 1. The van der Waals surface area contributed by atoms with Gasteiger partial charge in [0, 0.05) is 25.0 Å². The Morgan fingerprint density at radius 1 is 1.17 bits per heavy atom. The van der Waals surface area contributed by atoms with Crippen molar-refractivity contribution in [2.45, 2.75) is 18.9 Å². The highest BCUT2D eigenvalue weighted by atomic mass is 16.5. The zero-order valence-corrected chi connectivity index (χ0v) is 13.3.